The van der Waals surface area contributed by atoms with Crippen molar-refractivity contribution < 1.29 is 9.47 Å². The highest BCUT2D eigenvalue weighted by Crippen LogP contribution is 2.21. The molecule has 0 saturated carbocycles. The first-order chi connectivity index (χ1) is 14.5. The van der Waals surface area contributed by atoms with Gasteiger partial charge in [0, 0.05) is 51.5 Å². The molecule has 174 valence electrons. The summed E-state index contributed by atoms with van der Waals surface area (Å²) >= 11 is 0. The maximum atomic E-state index is 5.98. The Morgan fingerprint density at radius 2 is 1.94 bits per heavy atom. The molecule has 2 N–H and O–H groups in total. The smallest absolute Gasteiger partial charge is 0.191 e. The Hall–Kier alpha value is -1.81. The van der Waals surface area contributed by atoms with Gasteiger partial charge in [0.2, 0.25) is 0 Å². The van der Waals surface area contributed by atoms with Crippen molar-refractivity contribution in [1.29, 1.82) is 0 Å². The number of ether oxygens (including phenoxy) is 2. The van der Waals surface area contributed by atoms with Crippen LogP contribution in [-0.2, 0) is 24.8 Å². The van der Waals surface area contributed by atoms with Gasteiger partial charge in [-0.05, 0) is 51.3 Å². The first-order valence-electron chi connectivity index (χ1n) is 10.7. The maximum Gasteiger partial charge on any atom is 0.191 e. The number of guanidine groups is 1. The summed E-state index contributed by atoms with van der Waals surface area (Å²) in [6, 6.07) is 6.27. The van der Waals surface area contributed by atoms with Crippen molar-refractivity contribution in [2.75, 3.05) is 33.4 Å². The monoisotopic (exact) mass is 543 g/mol. The standard InChI is InChI=1S/C23H37N5O2.HI/c1-7-24-23(25-12-11-21-18(3)27-28(5)19(21)4)26-16-20-10-9-17(2)15-22(20)30-14-8-13-29-6;/h9-10,15H,7-8,11-14,16H2,1-6H3,(H2,24,25,26);1H. The fourth-order valence-corrected chi connectivity index (χ4v) is 3.30. The van der Waals surface area contributed by atoms with E-state index in [1.54, 1.807) is 7.11 Å². The van der Waals surface area contributed by atoms with Gasteiger partial charge in [-0.2, -0.15) is 5.10 Å². The van der Waals surface area contributed by atoms with E-state index in [1.165, 1.54) is 16.8 Å². The molecule has 2 aromatic rings. The third kappa shape index (κ3) is 8.68. The third-order valence-corrected chi connectivity index (χ3v) is 5.05. The number of hydrogen-bond donors (Lipinski definition) is 2. The third-order valence-electron chi connectivity index (χ3n) is 5.05. The molecule has 1 heterocycles. The Kier molecular flexibility index (Phi) is 12.5. The number of aliphatic imine (C=N–C) groups is 1. The quantitative estimate of drug-likeness (QED) is 0.196. The molecule has 0 saturated heterocycles. The molecule has 0 atom stereocenters. The molecule has 0 fully saturated rings. The lowest BCUT2D eigenvalue weighted by atomic mass is 10.1. The Morgan fingerprint density at radius 3 is 2.58 bits per heavy atom. The number of aromatic nitrogens is 2. The minimum Gasteiger partial charge on any atom is -0.493 e. The molecule has 2 rings (SSSR count). The zero-order valence-electron chi connectivity index (χ0n) is 19.7. The predicted octanol–water partition coefficient (Wildman–Crippen LogP) is 3.68. The van der Waals surface area contributed by atoms with E-state index in [0.29, 0.717) is 19.8 Å². The van der Waals surface area contributed by atoms with Crippen molar-refractivity contribution in [2.24, 2.45) is 12.0 Å². The molecule has 0 spiro atoms. The molecule has 0 aliphatic heterocycles. The summed E-state index contributed by atoms with van der Waals surface area (Å²) in [5, 5.41) is 11.3. The average molecular weight is 543 g/mol. The van der Waals surface area contributed by atoms with Crippen LogP contribution in [0.25, 0.3) is 0 Å². The highest BCUT2D eigenvalue weighted by molar-refractivity contribution is 14.0. The molecular weight excluding hydrogens is 505 g/mol. The van der Waals surface area contributed by atoms with E-state index >= 15 is 0 Å². The average Bonchev–Trinajstić information content (AvgIpc) is 2.96. The molecule has 8 heteroatoms. The van der Waals surface area contributed by atoms with E-state index in [4.69, 9.17) is 14.5 Å². The van der Waals surface area contributed by atoms with Crippen LogP contribution in [-0.4, -0.2) is 49.2 Å². The first-order valence-corrected chi connectivity index (χ1v) is 10.7. The molecule has 31 heavy (non-hydrogen) atoms. The van der Waals surface area contributed by atoms with Crippen LogP contribution < -0.4 is 15.4 Å². The maximum absolute atomic E-state index is 5.98. The first kappa shape index (κ1) is 27.2. The van der Waals surface area contributed by atoms with E-state index in [0.717, 1.165) is 48.9 Å². The molecule has 0 unspecified atom stereocenters. The minimum absolute atomic E-state index is 0. The molecule has 1 aromatic heterocycles. The van der Waals surface area contributed by atoms with Crippen LogP contribution in [0.4, 0.5) is 0 Å². The van der Waals surface area contributed by atoms with Gasteiger partial charge in [-0.3, -0.25) is 4.68 Å². The second-order valence-corrected chi connectivity index (χ2v) is 7.45. The SMILES string of the molecule is CCNC(=NCc1ccc(C)cc1OCCCOC)NCCc1c(C)nn(C)c1C.I. The fourth-order valence-electron chi connectivity index (χ4n) is 3.30. The van der Waals surface area contributed by atoms with Crippen molar-refractivity contribution in [2.45, 2.75) is 47.1 Å². The molecule has 7 nitrogen and oxygen atoms in total. The number of hydrogen-bond acceptors (Lipinski definition) is 4. The Labute approximate surface area is 204 Å². The van der Waals surface area contributed by atoms with Gasteiger partial charge in [0.05, 0.1) is 18.8 Å². The normalized spacial score (nSPS) is 11.2. The highest BCUT2D eigenvalue weighted by Gasteiger charge is 2.09. The van der Waals surface area contributed by atoms with Gasteiger partial charge in [-0.15, -0.1) is 24.0 Å². The number of halogens is 1. The van der Waals surface area contributed by atoms with Crippen LogP contribution in [0.3, 0.4) is 0 Å². The molecule has 0 bridgehead atoms. The summed E-state index contributed by atoms with van der Waals surface area (Å²) in [7, 11) is 3.69. The van der Waals surface area contributed by atoms with E-state index < -0.39 is 0 Å². The van der Waals surface area contributed by atoms with Gasteiger partial charge in [0.25, 0.3) is 0 Å². The number of nitrogens with one attached hydrogen (secondary N) is 2. The summed E-state index contributed by atoms with van der Waals surface area (Å²) in [4.78, 5) is 4.77. The number of benzene rings is 1. The molecule has 1 aromatic carbocycles. The zero-order chi connectivity index (χ0) is 21.9. The number of methoxy groups -OCH3 is 1. The van der Waals surface area contributed by atoms with Gasteiger partial charge < -0.3 is 20.1 Å². The summed E-state index contributed by atoms with van der Waals surface area (Å²) in [5.74, 6) is 1.70. The Balaban J connectivity index is 0.00000480. The van der Waals surface area contributed by atoms with Crippen LogP contribution >= 0.6 is 24.0 Å². The lowest BCUT2D eigenvalue weighted by molar-refractivity contribution is 0.172. The number of aryl methyl sites for hydroxylation is 3. The summed E-state index contributed by atoms with van der Waals surface area (Å²) in [5.41, 5.74) is 5.86. The van der Waals surface area contributed by atoms with Crippen molar-refractivity contribution in [1.82, 2.24) is 20.4 Å². The van der Waals surface area contributed by atoms with E-state index in [-0.39, 0.29) is 24.0 Å². The highest BCUT2D eigenvalue weighted by atomic mass is 127. The second-order valence-electron chi connectivity index (χ2n) is 7.45. The molecular formula is C23H38IN5O2. The molecule has 0 amide bonds. The van der Waals surface area contributed by atoms with Crippen molar-refractivity contribution in [3.05, 3.63) is 46.3 Å². The number of rotatable bonds is 11. The molecule has 0 aliphatic rings. The van der Waals surface area contributed by atoms with Crippen LogP contribution in [0.2, 0.25) is 0 Å². The van der Waals surface area contributed by atoms with Crippen LogP contribution in [0.5, 0.6) is 5.75 Å². The van der Waals surface area contributed by atoms with Gasteiger partial charge >= 0.3 is 0 Å². The van der Waals surface area contributed by atoms with Crippen molar-refractivity contribution >= 4 is 29.9 Å². The van der Waals surface area contributed by atoms with E-state index in [1.807, 2.05) is 11.7 Å². The van der Waals surface area contributed by atoms with E-state index in [9.17, 15) is 0 Å². The van der Waals surface area contributed by atoms with Gasteiger partial charge in [0.15, 0.2) is 5.96 Å². The van der Waals surface area contributed by atoms with Crippen molar-refractivity contribution in [3.63, 3.8) is 0 Å². The summed E-state index contributed by atoms with van der Waals surface area (Å²) in [6.07, 6.45) is 1.78. The van der Waals surface area contributed by atoms with Gasteiger partial charge in [-0.1, -0.05) is 12.1 Å². The minimum atomic E-state index is 0. The fraction of sp³-hybridized carbons (Fsp3) is 0.565. The Bertz CT molecular complexity index is 836. The van der Waals surface area contributed by atoms with Gasteiger partial charge in [-0.25, -0.2) is 4.99 Å². The lowest BCUT2D eigenvalue weighted by Crippen LogP contribution is -2.38. The second kappa shape index (κ2) is 14.3. The molecule has 0 aliphatic carbocycles. The summed E-state index contributed by atoms with van der Waals surface area (Å²) in [6.45, 7) is 11.8. The van der Waals surface area contributed by atoms with E-state index in [2.05, 4.69) is 61.6 Å². The van der Waals surface area contributed by atoms with Crippen LogP contribution in [0.15, 0.2) is 23.2 Å². The van der Waals surface area contributed by atoms with Gasteiger partial charge in [0.1, 0.15) is 5.75 Å². The van der Waals surface area contributed by atoms with Crippen LogP contribution in [0.1, 0.15) is 41.4 Å². The molecule has 0 radical (unpaired) electrons. The predicted molar refractivity (Wildman–Crippen MR) is 138 cm³/mol. The topological polar surface area (TPSA) is 72.7 Å². The van der Waals surface area contributed by atoms with Crippen LogP contribution in [0, 0.1) is 20.8 Å². The Morgan fingerprint density at radius 1 is 1.16 bits per heavy atom. The lowest BCUT2D eigenvalue weighted by Gasteiger charge is -2.14. The number of nitrogens with zero attached hydrogens (tertiary/aromatic N) is 3. The van der Waals surface area contributed by atoms with Crippen molar-refractivity contribution in [3.8, 4) is 5.75 Å². The summed E-state index contributed by atoms with van der Waals surface area (Å²) < 4.78 is 13.0. The zero-order valence-corrected chi connectivity index (χ0v) is 22.1. The largest absolute Gasteiger partial charge is 0.493 e.